The zero-order chi connectivity index (χ0) is 13.7. The van der Waals surface area contributed by atoms with E-state index in [1.165, 1.54) is 19.1 Å². The van der Waals surface area contributed by atoms with Crippen LogP contribution >= 0.6 is 38.6 Å². The summed E-state index contributed by atoms with van der Waals surface area (Å²) >= 11 is 7.11. The van der Waals surface area contributed by atoms with Crippen LogP contribution in [0.1, 0.15) is 21.7 Å². The quantitative estimate of drug-likeness (QED) is 0.797. The molecule has 0 unspecified atom stereocenters. The summed E-state index contributed by atoms with van der Waals surface area (Å²) in [6.45, 7) is 5.28. The molecule has 0 spiro atoms. The molecule has 0 saturated heterocycles. The van der Waals surface area contributed by atoms with Gasteiger partial charge < -0.3 is 5.11 Å². The van der Waals surface area contributed by atoms with Crippen LogP contribution in [0.5, 0.6) is 0 Å². The van der Waals surface area contributed by atoms with Gasteiger partial charge in [0, 0.05) is 36.0 Å². The Morgan fingerprint density at radius 3 is 2.68 bits per heavy atom. The molecule has 0 fully saturated rings. The van der Waals surface area contributed by atoms with E-state index in [9.17, 15) is 0 Å². The monoisotopic (exact) mass is 359 g/mol. The minimum absolute atomic E-state index is 0.258. The van der Waals surface area contributed by atoms with Crippen LogP contribution in [0.3, 0.4) is 0 Å². The second kappa shape index (κ2) is 7.55. The topological polar surface area (TPSA) is 23.5 Å². The first-order chi connectivity index (χ1) is 9.19. The van der Waals surface area contributed by atoms with Gasteiger partial charge in [0.25, 0.3) is 0 Å². The zero-order valence-electron chi connectivity index (χ0n) is 10.9. The number of hydrogen-bond acceptors (Lipinski definition) is 4. The SMILES string of the molecule is Cc1ccsc1CN(CCCO)Cc1ccc(Br)s1. The van der Waals surface area contributed by atoms with Crippen molar-refractivity contribution in [3.63, 3.8) is 0 Å². The summed E-state index contributed by atoms with van der Waals surface area (Å²) in [4.78, 5) is 5.19. The highest BCUT2D eigenvalue weighted by molar-refractivity contribution is 9.11. The number of aryl methyl sites for hydroxylation is 1. The van der Waals surface area contributed by atoms with Crippen molar-refractivity contribution in [2.45, 2.75) is 26.4 Å². The number of hydrogen-bond donors (Lipinski definition) is 1. The maximum atomic E-state index is 9.04. The van der Waals surface area contributed by atoms with E-state index < -0.39 is 0 Å². The molecule has 104 valence electrons. The Kier molecular flexibility index (Phi) is 6.04. The number of halogens is 1. The zero-order valence-corrected chi connectivity index (χ0v) is 14.2. The van der Waals surface area contributed by atoms with E-state index in [4.69, 9.17) is 5.11 Å². The van der Waals surface area contributed by atoms with Crippen LogP contribution in [0.25, 0.3) is 0 Å². The molecule has 0 aliphatic rings. The molecule has 0 bridgehead atoms. The molecule has 0 atom stereocenters. The summed E-state index contributed by atoms with van der Waals surface area (Å²) in [6, 6.07) is 6.44. The summed E-state index contributed by atoms with van der Waals surface area (Å²) < 4.78 is 1.18. The number of rotatable bonds is 7. The van der Waals surface area contributed by atoms with Crippen LogP contribution in [-0.4, -0.2) is 23.2 Å². The van der Waals surface area contributed by atoms with Crippen molar-refractivity contribution in [2.24, 2.45) is 0 Å². The average Bonchev–Trinajstić information content (AvgIpc) is 2.96. The average molecular weight is 360 g/mol. The molecule has 19 heavy (non-hydrogen) atoms. The van der Waals surface area contributed by atoms with E-state index in [-0.39, 0.29) is 6.61 Å². The molecular formula is C14H18BrNOS2. The fourth-order valence-corrected chi connectivity index (χ4v) is 4.41. The maximum Gasteiger partial charge on any atom is 0.0701 e. The van der Waals surface area contributed by atoms with Crippen molar-refractivity contribution in [1.82, 2.24) is 4.90 Å². The Morgan fingerprint density at radius 1 is 1.26 bits per heavy atom. The minimum atomic E-state index is 0.258. The highest BCUT2D eigenvalue weighted by atomic mass is 79.9. The molecule has 0 radical (unpaired) electrons. The molecular weight excluding hydrogens is 342 g/mol. The molecule has 0 aromatic carbocycles. The van der Waals surface area contributed by atoms with E-state index in [1.807, 2.05) is 11.3 Å². The molecule has 2 nitrogen and oxygen atoms in total. The Hall–Kier alpha value is -0.200. The van der Waals surface area contributed by atoms with Crippen molar-refractivity contribution in [1.29, 1.82) is 0 Å². The van der Waals surface area contributed by atoms with Gasteiger partial charge in [-0.1, -0.05) is 0 Å². The largest absolute Gasteiger partial charge is 0.396 e. The van der Waals surface area contributed by atoms with Crippen molar-refractivity contribution >= 4 is 38.6 Å². The van der Waals surface area contributed by atoms with Gasteiger partial charge in [0.15, 0.2) is 0 Å². The van der Waals surface area contributed by atoms with Crippen molar-refractivity contribution in [3.8, 4) is 0 Å². The van der Waals surface area contributed by atoms with Gasteiger partial charge in [0.05, 0.1) is 3.79 Å². The lowest BCUT2D eigenvalue weighted by atomic mass is 10.2. The Morgan fingerprint density at radius 2 is 2.11 bits per heavy atom. The molecule has 2 aromatic rings. The molecule has 5 heteroatoms. The normalized spacial score (nSPS) is 11.4. The number of aliphatic hydroxyl groups is 1. The minimum Gasteiger partial charge on any atom is -0.396 e. The van der Waals surface area contributed by atoms with Crippen LogP contribution in [0.15, 0.2) is 27.4 Å². The lowest BCUT2D eigenvalue weighted by Crippen LogP contribution is -2.24. The summed E-state index contributed by atoms with van der Waals surface area (Å²) in [5.41, 5.74) is 1.37. The van der Waals surface area contributed by atoms with Crippen molar-refractivity contribution in [3.05, 3.63) is 42.7 Å². The predicted octanol–water partition coefficient (Wildman–Crippen LogP) is 4.27. The van der Waals surface area contributed by atoms with E-state index in [0.717, 1.165) is 26.1 Å². The van der Waals surface area contributed by atoms with E-state index in [2.05, 4.69) is 51.3 Å². The first-order valence-corrected chi connectivity index (χ1v) is 8.78. The van der Waals surface area contributed by atoms with E-state index in [0.29, 0.717) is 0 Å². The maximum absolute atomic E-state index is 9.04. The van der Waals surface area contributed by atoms with Gasteiger partial charge in [0.2, 0.25) is 0 Å². The summed E-state index contributed by atoms with van der Waals surface area (Å²) in [7, 11) is 0. The predicted molar refractivity (Wildman–Crippen MR) is 86.9 cm³/mol. The molecule has 2 aromatic heterocycles. The molecule has 1 N–H and O–H groups in total. The number of aliphatic hydroxyl groups excluding tert-OH is 1. The molecule has 0 amide bonds. The van der Waals surface area contributed by atoms with Crippen LogP contribution in [-0.2, 0) is 13.1 Å². The van der Waals surface area contributed by atoms with Crippen LogP contribution in [0.2, 0.25) is 0 Å². The second-order valence-electron chi connectivity index (χ2n) is 4.52. The van der Waals surface area contributed by atoms with Gasteiger partial charge in [-0.05, 0) is 58.4 Å². The lowest BCUT2D eigenvalue weighted by Gasteiger charge is -2.21. The Labute approximate surface area is 130 Å². The Bertz CT molecular complexity index is 509. The summed E-state index contributed by atoms with van der Waals surface area (Å²) in [5.74, 6) is 0. The van der Waals surface area contributed by atoms with Crippen LogP contribution < -0.4 is 0 Å². The van der Waals surface area contributed by atoms with Gasteiger partial charge in [-0.2, -0.15) is 0 Å². The molecule has 0 saturated carbocycles. The van der Waals surface area contributed by atoms with Gasteiger partial charge >= 0.3 is 0 Å². The van der Waals surface area contributed by atoms with Crippen molar-refractivity contribution in [2.75, 3.05) is 13.2 Å². The first-order valence-electron chi connectivity index (χ1n) is 6.29. The molecule has 2 heterocycles. The lowest BCUT2D eigenvalue weighted by molar-refractivity contribution is 0.215. The Balaban J connectivity index is 2.01. The highest BCUT2D eigenvalue weighted by Crippen LogP contribution is 2.25. The molecule has 2 rings (SSSR count). The second-order valence-corrected chi connectivity index (χ2v) is 8.07. The third kappa shape index (κ3) is 4.68. The molecule has 0 aliphatic carbocycles. The van der Waals surface area contributed by atoms with Gasteiger partial charge in [-0.15, -0.1) is 22.7 Å². The third-order valence-corrected chi connectivity index (χ3v) is 5.59. The fourth-order valence-electron chi connectivity index (χ4n) is 1.93. The van der Waals surface area contributed by atoms with Crippen LogP contribution in [0, 0.1) is 6.92 Å². The number of nitrogens with zero attached hydrogens (tertiary/aromatic N) is 1. The third-order valence-electron chi connectivity index (χ3n) is 2.98. The smallest absolute Gasteiger partial charge is 0.0701 e. The van der Waals surface area contributed by atoms with E-state index >= 15 is 0 Å². The standard InChI is InChI=1S/C14H18BrNOS2/c1-11-5-8-18-13(11)10-16(6-2-7-17)9-12-3-4-14(15)19-12/h3-5,8,17H,2,6-7,9-10H2,1H3. The van der Waals surface area contributed by atoms with Gasteiger partial charge in [0.1, 0.15) is 0 Å². The molecule has 0 aliphatic heterocycles. The van der Waals surface area contributed by atoms with Gasteiger partial charge in [-0.3, -0.25) is 4.90 Å². The van der Waals surface area contributed by atoms with Gasteiger partial charge in [-0.25, -0.2) is 0 Å². The summed E-state index contributed by atoms with van der Waals surface area (Å²) in [6.07, 6.45) is 0.830. The van der Waals surface area contributed by atoms with Crippen LogP contribution in [0.4, 0.5) is 0 Å². The first kappa shape index (κ1) is 15.2. The highest BCUT2D eigenvalue weighted by Gasteiger charge is 2.10. The van der Waals surface area contributed by atoms with Crippen molar-refractivity contribution < 1.29 is 5.11 Å². The van der Waals surface area contributed by atoms with E-state index in [1.54, 1.807) is 11.3 Å². The summed E-state index contributed by atoms with van der Waals surface area (Å²) in [5, 5.41) is 11.2. The number of thiophene rings is 2. The fraction of sp³-hybridized carbons (Fsp3) is 0.429.